The Kier molecular flexibility index (Phi) is 8.74. The van der Waals surface area contributed by atoms with Gasteiger partial charge in [-0.1, -0.05) is 18.8 Å². The number of rotatable bonds is 8. The maximum Gasteiger partial charge on any atom is 0.290 e. The van der Waals surface area contributed by atoms with Crippen LogP contribution in [0.5, 0.6) is 5.75 Å². The summed E-state index contributed by atoms with van der Waals surface area (Å²) in [5.41, 5.74) is 2.28. The van der Waals surface area contributed by atoms with E-state index in [1.54, 1.807) is 48.1 Å². The lowest BCUT2D eigenvalue weighted by Crippen LogP contribution is -2.42. The zero-order chi connectivity index (χ0) is 26.4. The first-order valence-corrected chi connectivity index (χ1v) is 12.8. The number of hydrogen-bond acceptors (Lipinski definition) is 7. The molecule has 196 valence electrons. The van der Waals surface area contributed by atoms with Crippen molar-refractivity contribution < 1.29 is 18.3 Å². The third kappa shape index (κ3) is 6.26. The molecule has 1 aromatic carbocycles. The number of benzene rings is 1. The first kappa shape index (κ1) is 26.6. The van der Waals surface area contributed by atoms with Crippen molar-refractivity contribution in [1.82, 2.24) is 20.0 Å². The minimum atomic E-state index is -2.59. The van der Waals surface area contributed by atoms with Crippen molar-refractivity contribution in [3.63, 3.8) is 0 Å². The Hall–Kier alpha value is -3.49. The van der Waals surface area contributed by atoms with Crippen LogP contribution in [0.1, 0.15) is 29.3 Å². The maximum absolute atomic E-state index is 13.5. The SMILES string of the molecule is CNC(=O)c1ccc(OC)c(NCC#Cc2cc3c(N[C@@H]4CCNCC4C)nccn3c2SC(F)F)c1. The molecule has 3 aromatic rings. The van der Waals surface area contributed by atoms with Crippen LogP contribution in [0.2, 0.25) is 0 Å². The molecule has 0 saturated carbocycles. The Bertz CT molecular complexity index is 1320. The quantitative estimate of drug-likeness (QED) is 0.261. The van der Waals surface area contributed by atoms with E-state index in [1.165, 1.54) is 7.11 Å². The number of nitrogens with one attached hydrogen (secondary N) is 4. The van der Waals surface area contributed by atoms with Gasteiger partial charge in [0.15, 0.2) is 5.82 Å². The number of halogens is 2. The Morgan fingerprint density at radius 1 is 1.38 bits per heavy atom. The molecule has 8 nitrogen and oxygen atoms in total. The number of alkyl halides is 2. The summed E-state index contributed by atoms with van der Waals surface area (Å²) in [5.74, 6) is 4.85. The fourth-order valence-electron chi connectivity index (χ4n) is 4.30. The molecule has 2 atom stereocenters. The van der Waals surface area contributed by atoms with Crippen LogP contribution < -0.4 is 26.0 Å². The maximum atomic E-state index is 13.5. The van der Waals surface area contributed by atoms with E-state index < -0.39 is 5.76 Å². The Morgan fingerprint density at radius 3 is 2.95 bits per heavy atom. The molecule has 4 N–H and O–H groups in total. The highest BCUT2D eigenvalue weighted by atomic mass is 32.2. The van der Waals surface area contributed by atoms with E-state index in [4.69, 9.17) is 4.74 Å². The number of methoxy groups -OCH3 is 1. The fourth-order valence-corrected chi connectivity index (χ4v) is 4.98. The molecule has 0 bridgehead atoms. The molecule has 4 rings (SSSR count). The smallest absolute Gasteiger partial charge is 0.290 e. The summed E-state index contributed by atoms with van der Waals surface area (Å²) in [5, 5.41) is 13.0. The van der Waals surface area contributed by atoms with E-state index in [-0.39, 0.29) is 18.5 Å². The van der Waals surface area contributed by atoms with Gasteiger partial charge in [0.25, 0.3) is 11.7 Å². The topological polar surface area (TPSA) is 91.7 Å². The van der Waals surface area contributed by atoms with Crippen molar-refractivity contribution in [1.29, 1.82) is 0 Å². The van der Waals surface area contributed by atoms with Crippen LogP contribution in [0, 0.1) is 17.8 Å². The summed E-state index contributed by atoms with van der Waals surface area (Å²) < 4.78 is 34.0. The lowest BCUT2D eigenvalue weighted by Gasteiger charge is -2.30. The van der Waals surface area contributed by atoms with E-state index in [0.29, 0.717) is 56.6 Å². The molecule has 2 aromatic heterocycles. The van der Waals surface area contributed by atoms with Crippen LogP contribution in [0.25, 0.3) is 5.52 Å². The third-order valence-corrected chi connectivity index (χ3v) is 7.06. The van der Waals surface area contributed by atoms with Gasteiger partial charge in [0.05, 0.1) is 30.4 Å². The summed E-state index contributed by atoms with van der Waals surface area (Å²) >= 11 is 0.461. The van der Waals surface area contributed by atoms with E-state index in [0.717, 1.165) is 19.5 Å². The van der Waals surface area contributed by atoms with Gasteiger partial charge in [-0.25, -0.2) is 4.98 Å². The van der Waals surface area contributed by atoms with Gasteiger partial charge in [-0.05, 0) is 61.5 Å². The fraction of sp³-hybridized carbons (Fsp3) is 0.385. The van der Waals surface area contributed by atoms with Crippen molar-refractivity contribution >= 4 is 34.7 Å². The number of amides is 1. The van der Waals surface area contributed by atoms with Crippen LogP contribution in [0.3, 0.4) is 0 Å². The number of carbonyl (C=O) groups excluding carboxylic acids is 1. The second kappa shape index (κ2) is 12.2. The molecule has 1 saturated heterocycles. The minimum Gasteiger partial charge on any atom is -0.495 e. The minimum absolute atomic E-state index is 0.217. The Balaban J connectivity index is 1.59. The van der Waals surface area contributed by atoms with E-state index in [9.17, 15) is 13.6 Å². The summed E-state index contributed by atoms with van der Waals surface area (Å²) in [6, 6.07) is 7.07. The van der Waals surface area contributed by atoms with Gasteiger partial charge in [0, 0.05) is 31.0 Å². The van der Waals surface area contributed by atoms with Crippen molar-refractivity contribution in [2.45, 2.75) is 30.2 Å². The lowest BCUT2D eigenvalue weighted by molar-refractivity contribution is 0.0963. The zero-order valence-corrected chi connectivity index (χ0v) is 21.7. The predicted molar refractivity (Wildman–Crippen MR) is 143 cm³/mol. The number of carbonyl (C=O) groups is 1. The highest BCUT2D eigenvalue weighted by molar-refractivity contribution is 7.99. The molecule has 1 aliphatic rings. The number of nitrogens with zero attached hydrogens (tertiary/aromatic N) is 2. The van der Waals surface area contributed by atoms with Gasteiger partial charge >= 0.3 is 0 Å². The van der Waals surface area contributed by atoms with E-state index in [1.807, 2.05) is 0 Å². The van der Waals surface area contributed by atoms with E-state index >= 15 is 0 Å². The average Bonchev–Trinajstić information content (AvgIpc) is 3.24. The van der Waals surface area contributed by atoms with Gasteiger partial charge in [0.1, 0.15) is 10.8 Å². The van der Waals surface area contributed by atoms with Crippen LogP contribution in [-0.4, -0.2) is 60.9 Å². The summed E-state index contributed by atoms with van der Waals surface area (Å²) in [4.78, 5) is 16.5. The lowest BCUT2D eigenvalue weighted by atomic mass is 9.95. The number of aromatic nitrogens is 2. The number of anilines is 2. The largest absolute Gasteiger partial charge is 0.495 e. The number of thioether (sulfide) groups is 1. The van der Waals surface area contributed by atoms with Gasteiger partial charge < -0.3 is 30.4 Å². The van der Waals surface area contributed by atoms with Crippen molar-refractivity contribution in [2.75, 3.05) is 44.4 Å². The number of piperidine rings is 1. The molecule has 0 aliphatic carbocycles. The summed E-state index contributed by atoms with van der Waals surface area (Å²) in [6.07, 6.45) is 4.24. The van der Waals surface area contributed by atoms with Crippen molar-refractivity contribution in [2.24, 2.45) is 5.92 Å². The number of hydrogen-bond donors (Lipinski definition) is 4. The van der Waals surface area contributed by atoms with E-state index in [2.05, 4.69) is 45.0 Å². The summed E-state index contributed by atoms with van der Waals surface area (Å²) in [6.45, 7) is 4.21. The molecule has 1 aliphatic heterocycles. The second-order valence-corrected chi connectivity index (χ2v) is 9.62. The normalized spacial score (nSPS) is 17.2. The monoisotopic (exact) mass is 528 g/mol. The molecular weight excluding hydrogens is 498 g/mol. The van der Waals surface area contributed by atoms with Gasteiger partial charge in [-0.2, -0.15) is 8.78 Å². The first-order chi connectivity index (χ1) is 17.9. The van der Waals surface area contributed by atoms with Crippen LogP contribution in [-0.2, 0) is 0 Å². The zero-order valence-electron chi connectivity index (χ0n) is 20.9. The Morgan fingerprint density at radius 2 is 2.22 bits per heavy atom. The molecule has 0 spiro atoms. The number of ether oxygens (including phenoxy) is 1. The van der Waals surface area contributed by atoms with Gasteiger partial charge in [-0.3, -0.25) is 4.79 Å². The van der Waals surface area contributed by atoms with Gasteiger partial charge in [0.2, 0.25) is 0 Å². The van der Waals surface area contributed by atoms with Crippen molar-refractivity contribution in [3.05, 3.63) is 47.8 Å². The molecule has 0 radical (unpaired) electrons. The average molecular weight is 529 g/mol. The highest BCUT2D eigenvalue weighted by Crippen LogP contribution is 2.33. The third-order valence-electron chi connectivity index (χ3n) is 6.24. The van der Waals surface area contributed by atoms with Crippen LogP contribution in [0.15, 0.2) is 41.7 Å². The predicted octanol–water partition coefficient (Wildman–Crippen LogP) is 3.89. The van der Waals surface area contributed by atoms with Crippen LogP contribution >= 0.6 is 11.8 Å². The Labute approximate surface area is 218 Å². The molecule has 1 amide bonds. The highest BCUT2D eigenvalue weighted by Gasteiger charge is 2.23. The first-order valence-electron chi connectivity index (χ1n) is 12.0. The molecule has 37 heavy (non-hydrogen) atoms. The molecule has 1 fully saturated rings. The molecular formula is C26H30F2N6O2S. The molecule has 3 heterocycles. The second-order valence-electron chi connectivity index (χ2n) is 8.64. The van der Waals surface area contributed by atoms with Crippen LogP contribution in [0.4, 0.5) is 20.3 Å². The standard InChI is InChI=1S/C26H30F2N6O2S/c1-16-15-30-10-8-19(16)33-23-21-14-18(25(37-26(27)28)34(21)12-11-32-23)5-4-9-31-20-13-17(24(35)29-2)6-7-22(20)36-3/h6-7,11-14,16,19,26,30-31H,8-10,15H2,1-3H3,(H,29,35)(H,32,33)/t16?,19-/m1/s1. The molecule has 11 heteroatoms. The number of fused-ring (bicyclic) bond motifs is 1. The summed E-state index contributed by atoms with van der Waals surface area (Å²) in [7, 11) is 3.10. The van der Waals surface area contributed by atoms with Gasteiger partial charge in [-0.15, -0.1) is 0 Å². The van der Waals surface area contributed by atoms with Crippen molar-refractivity contribution in [3.8, 4) is 17.6 Å². The molecule has 1 unspecified atom stereocenters.